The van der Waals surface area contributed by atoms with Crippen LogP contribution in [0.3, 0.4) is 0 Å². The van der Waals surface area contributed by atoms with Crippen LogP contribution in [0.4, 0.5) is 0 Å². The highest BCUT2D eigenvalue weighted by Crippen LogP contribution is 2.34. The maximum atomic E-state index is 11.8. The lowest BCUT2D eigenvalue weighted by Crippen LogP contribution is -2.51. The molecular weight excluding hydrogens is 206 g/mol. The molecule has 90 valence electrons. The second-order valence-electron chi connectivity index (χ2n) is 5.18. The SMILES string of the molecule is O=C(O)CC1(NC(=O)C2CC2)CCCCC1. The van der Waals surface area contributed by atoms with Gasteiger partial charge in [-0.05, 0) is 25.7 Å². The van der Waals surface area contributed by atoms with Crippen molar-refractivity contribution in [3.63, 3.8) is 0 Å². The second kappa shape index (κ2) is 4.44. The minimum atomic E-state index is -0.807. The van der Waals surface area contributed by atoms with Gasteiger partial charge < -0.3 is 10.4 Å². The fourth-order valence-corrected chi connectivity index (χ4v) is 2.57. The Hall–Kier alpha value is -1.06. The monoisotopic (exact) mass is 225 g/mol. The van der Waals surface area contributed by atoms with Gasteiger partial charge in [0.15, 0.2) is 0 Å². The van der Waals surface area contributed by atoms with Crippen molar-refractivity contribution in [3.8, 4) is 0 Å². The molecule has 0 unspecified atom stereocenters. The Bertz CT molecular complexity index is 291. The van der Waals surface area contributed by atoms with Gasteiger partial charge in [-0.15, -0.1) is 0 Å². The van der Waals surface area contributed by atoms with Crippen molar-refractivity contribution in [1.29, 1.82) is 0 Å². The number of carboxylic acid groups (broad SMARTS) is 1. The molecule has 2 aliphatic carbocycles. The van der Waals surface area contributed by atoms with Crippen molar-refractivity contribution in [2.75, 3.05) is 0 Å². The fourth-order valence-electron chi connectivity index (χ4n) is 2.57. The number of hydrogen-bond donors (Lipinski definition) is 2. The third kappa shape index (κ3) is 2.74. The van der Waals surface area contributed by atoms with Crippen molar-refractivity contribution < 1.29 is 14.7 Å². The van der Waals surface area contributed by atoms with Crippen LogP contribution < -0.4 is 5.32 Å². The van der Waals surface area contributed by atoms with E-state index < -0.39 is 11.5 Å². The molecule has 0 heterocycles. The zero-order chi connectivity index (χ0) is 11.6. The molecule has 2 rings (SSSR count). The zero-order valence-electron chi connectivity index (χ0n) is 9.50. The molecular formula is C12H19NO3. The third-order valence-corrected chi connectivity index (χ3v) is 3.64. The van der Waals surface area contributed by atoms with Gasteiger partial charge in [-0.3, -0.25) is 9.59 Å². The van der Waals surface area contributed by atoms with Gasteiger partial charge in [0.25, 0.3) is 0 Å². The van der Waals surface area contributed by atoms with Gasteiger partial charge in [-0.25, -0.2) is 0 Å². The van der Waals surface area contributed by atoms with E-state index in [0.717, 1.165) is 44.9 Å². The molecule has 0 bridgehead atoms. The van der Waals surface area contributed by atoms with E-state index in [-0.39, 0.29) is 18.2 Å². The number of amides is 1. The number of aliphatic carboxylic acids is 1. The van der Waals surface area contributed by atoms with Gasteiger partial charge in [0.05, 0.1) is 12.0 Å². The number of nitrogens with one attached hydrogen (secondary N) is 1. The van der Waals surface area contributed by atoms with E-state index in [9.17, 15) is 9.59 Å². The van der Waals surface area contributed by atoms with Crippen LogP contribution in [-0.4, -0.2) is 22.5 Å². The summed E-state index contributed by atoms with van der Waals surface area (Å²) >= 11 is 0. The minimum absolute atomic E-state index is 0.0724. The van der Waals surface area contributed by atoms with Crippen LogP contribution in [0.15, 0.2) is 0 Å². The van der Waals surface area contributed by atoms with Crippen LogP contribution in [0, 0.1) is 5.92 Å². The summed E-state index contributed by atoms with van der Waals surface area (Å²) in [7, 11) is 0. The van der Waals surface area contributed by atoms with Crippen molar-refractivity contribution in [1.82, 2.24) is 5.32 Å². The Labute approximate surface area is 95.4 Å². The molecule has 2 aliphatic rings. The molecule has 0 aromatic rings. The molecule has 1 amide bonds. The molecule has 0 saturated heterocycles. The van der Waals surface area contributed by atoms with Crippen LogP contribution >= 0.6 is 0 Å². The van der Waals surface area contributed by atoms with Crippen molar-refractivity contribution in [3.05, 3.63) is 0 Å². The summed E-state index contributed by atoms with van der Waals surface area (Å²) in [6.45, 7) is 0. The van der Waals surface area contributed by atoms with E-state index >= 15 is 0 Å². The summed E-state index contributed by atoms with van der Waals surface area (Å²) < 4.78 is 0. The van der Waals surface area contributed by atoms with Crippen LogP contribution in [0.5, 0.6) is 0 Å². The lowest BCUT2D eigenvalue weighted by molar-refractivity contribution is -0.139. The van der Waals surface area contributed by atoms with E-state index in [4.69, 9.17) is 5.11 Å². The van der Waals surface area contributed by atoms with Crippen LogP contribution in [0.1, 0.15) is 51.4 Å². The molecule has 0 aromatic carbocycles. The van der Waals surface area contributed by atoms with Gasteiger partial charge in [0.2, 0.25) is 5.91 Å². The maximum absolute atomic E-state index is 11.8. The predicted molar refractivity (Wildman–Crippen MR) is 58.9 cm³/mol. The molecule has 16 heavy (non-hydrogen) atoms. The summed E-state index contributed by atoms with van der Waals surface area (Å²) in [4.78, 5) is 22.6. The number of rotatable bonds is 4. The lowest BCUT2D eigenvalue weighted by Gasteiger charge is -2.37. The standard InChI is InChI=1S/C12H19NO3/c14-10(15)8-12(6-2-1-3-7-12)13-11(16)9-4-5-9/h9H,1-8H2,(H,13,16)(H,14,15). The normalized spacial score (nSPS) is 23.8. The minimum Gasteiger partial charge on any atom is -0.481 e. The molecule has 0 aliphatic heterocycles. The van der Waals surface area contributed by atoms with Crippen LogP contribution in [0.25, 0.3) is 0 Å². The first-order chi connectivity index (χ1) is 7.61. The quantitative estimate of drug-likeness (QED) is 0.765. The third-order valence-electron chi connectivity index (χ3n) is 3.64. The van der Waals surface area contributed by atoms with Gasteiger partial charge in [-0.1, -0.05) is 19.3 Å². The summed E-state index contributed by atoms with van der Waals surface area (Å²) in [5.74, 6) is -0.575. The van der Waals surface area contributed by atoms with Gasteiger partial charge >= 0.3 is 5.97 Å². The molecule has 0 aromatic heterocycles. The smallest absolute Gasteiger partial charge is 0.305 e. The average molecular weight is 225 g/mol. The van der Waals surface area contributed by atoms with E-state index in [1.165, 1.54) is 0 Å². The summed E-state index contributed by atoms with van der Waals surface area (Å²) in [6.07, 6.45) is 6.85. The van der Waals surface area contributed by atoms with Crippen LogP contribution in [-0.2, 0) is 9.59 Å². The fraction of sp³-hybridized carbons (Fsp3) is 0.833. The van der Waals surface area contributed by atoms with Crippen molar-refractivity contribution in [2.45, 2.75) is 56.9 Å². The number of carboxylic acids is 1. The van der Waals surface area contributed by atoms with E-state index in [1.807, 2.05) is 0 Å². The molecule has 2 saturated carbocycles. The van der Waals surface area contributed by atoms with Gasteiger partial charge in [0, 0.05) is 5.92 Å². The highest BCUT2D eigenvalue weighted by atomic mass is 16.4. The van der Waals surface area contributed by atoms with E-state index in [1.54, 1.807) is 0 Å². The van der Waals surface area contributed by atoms with Gasteiger partial charge in [0.1, 0.15) is 0 Å². The topological polar surface area (TPSA) is 66.4 Å². The maximum Gasteiger partial charge on any atom is 0.305 e. The first-order valence-corrected chi connectivity index (χ1v) is 6.15. The lowest BCUT2D eigenvalue weighted by atomic mass is 9.79. The summed E-state index contributed by atoms with van der Waals surface area (Å²) in [6, 6.07) is 0. The molecule has 4 nitrogen and oxygen atoms in total. The van der Waals surface area contributed by atoms with Gasteiger partial charge in [-0.2, -0.15) is 0 Å². The van der Waals surface area contributed by atoms with E-state index in [2.05, 4.69) is 5.32 Å². The Balaban J connectivity index is 1.99. The predicted octanol–water partition coefficient (Wildman–Crippen LogP) is 1.69. The summed E-state index contributed by atoms with van der Waals surface area (Å²) in [5.41, 5.74) is -0.455. The molecule has 0 atom stereocenters. The molecule has 4 heteroatoms. The number of carbonyl (C=O) groups excluding carboxylic acids is 1. The Morgan fingerprint density at radius 1 is 1.19 bits per heavy atom. The highest BCUT2D eigenvalue weighted by molar-refractivity contribution is 5.82. The number of hydrogen-bond acceptors (Lipinski definition) is 2. The first-order valence-electron chi connectivity index (χ1n) is 6.15. The number of carbonyl (C=O) groups is 2. The first kappa shape index (κ1) is 11.4. The highest BCUT2D eigenvalue weighted by Gasteiger charge is 2.39. The average Bonchev–Trinajstić information content (AvgIpc) is 3.00. The second-order valence-corrected chi connectivity index (χ2v) is 5.18. The Morgan fingerprint density at radius 3 is 2.31 bits per heavy atom. The zero-order valence-corrected chi connectivity index (χ0v) is 9.50. The summed E-state index contributed by atoms with van der Waals surface area (Å²) in [5, 5.41) is 12.0. The Morgan fingerprint density at radius 2 is 1.81 bits per heavy atom. The molecule has 0 spiro atoms. The van der Waals surface area contributed by atoms with Crippen LogP contribution in [0.2, 0.25) is 0 Å². The van der Waals surface area contributed by atoms with Crippen molar-refractivity contribution in [2.24, 2.45) is 5.92 Å². The molecule has 0 radical (unpaired) electrons. The Kier molecular flexibility index (Phi) is 3.17. The molecule has 2 N–H and O–H groups in total. The largest absolute Gasteiger partial charge is 0.481 e. The van der Waals surface area contributed by atoms with E-state index in [0.29, 0.717) is 0 Å². The van der Waals surface area contributed by atoms with Crippen molar-refractivity contribution >= 4 is 11.9 Å². The molecule has 2 fully saturated rings.